The number of amides is 1. The molecule has 29 heavy (non-hydrogen) atoms. The Morgan fingerprint density at radius 1 is 1.10 bits per heavy atom. The van der Waals surface area contributed by atoms with Crippen molar-refractivity contribution in [3.05, 3.63) is 64.8 Å². The maximum atomic E-state index is 12.7. The Labute approximate surface area is 164 Å². The number of hydrogen-bond donors (Lipinski definition) is 2. The lowest BCUT2D eigenvalue weighted by Gasteiger charge is -2.13. The first-order chi connectivity index (χ1) is 14.0. The lowest BCUT2D eigenvalue weighted by molar-refractivity contribution is 0.0955. The minimum atomic E-state index is -0.542. The third kappa shape index (κ3) is 3.55. The second-order valence-electron chi connectivity index (χ2n) is 6.48. The van der Waals surface area contributed by atoms with Gasteiger partial charge in [0.05, 0.1) is 11.4 Å². The molecular formula is C19H17N7O3. The van der Waals surface area contributed by atoms with Crippen molar-refractivity contribution in [2.45, 2.75) is 19.9 Å². The number of hydrazine groups is 1. The van der Waals surface area contributed by atoms with Crippen LogP contribution in [0.1, 0.15) is 30.4 Å². The molecule has 4 aromatic rings. The van der Waals surface area contributed by atoms with Gasteiger partial charge >= 0.3 is 6.01 Å². The maximum absolute atomic E-state index is 12.7. The largest absolute Gasteiger partial charge is 0.340 e. The molecule has 4 rings (SSSR count). The van der Waals surface area contributed by atoms with E-state index in [0.29, 0.717) is 16.6 Å². The Morgan fingerprint density at radius 2 is 1.83 bits per heavy atom. The van der Waals surface area contributed by atoms with E-state index in [9.17, 15) is 9.59 Å². The van der Waals surface area contributed by atoms with Crippen molar-refractivity contribution >= 4 is 22.7 Å². The average Bonchev–Trinajstić information content (AvgIpc) is 3.22. The number of carbonyl (C=O) groups is 1. The van der Waals surface area contributed by atoms with Gasteiger partial charge in [-0.15, -0.1) is 0 Å². The number of fused-ring (bicyclic) bond motifs is 1. The van der Waals surface area contributed by atoms with E-state index < -0.39 is 5.91 Å². The average molecular weight is 391 g/mol. The summed E-state index contributed by atoms with van der Waals surface area (Å²) >= 11 is 0. The molecule has 0 spiro atoms. The molecule has 3 aromatic heterocycles. The van der Waals surface area contributed by atoms with Gasteiger partial charge in [0.25, 0.3) is 11.5 Å². The third-order valence-corrected chi connectivity index (χ3v) is 4.18. The zero-order valence-electron chi connectivity index (χ0n) is 15.7. The van der Waals surface area contributed by atoms with Crippen molar-refractivity contribution in [3.8, 4) is 11.4 Å². The number of anilines is 1. The van der Waals surface area contributed by atoms with Gasteiger partial charge in [-0.2, -0.15) is 10.1 Å². The van der Waals surface area contributed by atoms with Crippen molar-refractivity contribution in [1.29, 1.82) is 0 Å². The molecule has 1 amide bonds. The molecule has 0 fully saturated rings. The Bertz CT molecular complexity index is 1230. The predicted molar refractivity (Wildman–Crippen MR) is 105 cm³/mol. The zero-order valence-corrected chi connectivity index (χ0v) is 15.7. The molecule has 0 radical (unpaired) electrons. The highest BCUT2D eigenvalue weighted by Crippen LogP contribution is 2.17. The van der Waals surface area contributed by atoms with Crippen LogP contribution in [0, 0.1) is 0 Å². The fourth-order valence-electron chi connectivity index (χ4n) is 2.79. The fourth-order valence-corrected chi connectivity index (χ4v) is 2.79. The first-order valence-electron chi connectivity index (χ1n) is 8.86. The number of pyridine rings is 1. The highest BCUT2D eigenvalue weighted by Gasteiger charge is 2.18. The van der Waals surface area contributed by atoms with Gasteiger partial charge < -0.3 is 4.52 Å². The van der Waals surface area contributed by atoms with E-state index in [0.717, 1.165) is 5.56 Å². The maximum Gasteiger partial charge on any atom is 0.340 e. The number of aromatic nitrogens is 5. The summed E-state index contributed by atoms with van der Waals surface area (Å²) in [6.07, 6.45) is 3.22. The summed E-state index contributed by atoms with van der Waals surface area (Å²) in [4.78, 5) is 33.4. The summed E-state index contributed by atoms with van der Waals surface area (Å²) < 4.78 is 6.37. The first kappa shape index (κ1) is 18.3. The van der Waals surface area contributed by atoms with E-state index in [1.54, 1.807) is 48.8 Å². The van der Waals surface area contributed by atoms with Crippen LogP contribution in [-0.2, 0) is 0 Å². The molecule has 10 heteroatoms. The predicted octanol–water partition coefficient (Wildman–Crippen LogP) is 2.18. The van der Waals surface area contributed by atoms with Crippen LogP contribution in [-0.4, -0.2) is 30.8 Å². The molecule has 3 heterocycles. The summed E-state index contributed by atoms with van der Waals surface area (Å²) in [5, 5.41) is 8.96. The number of rotatable bonds is 5. The number of hydrogen-bond acceptors (Lipinski definition) is 8. The highest BCUT2D eigenvalue weighted by atomic mass is 16.5. The molecule has 0 unspecified atom stereocenters. The van der Waals surface area contributed by atoms with Gasteiger partial charge in [0.2, 0.25) is 5.82 Å². The smallest absolute Gasteiger partial charge is 0.313 e. The summed E-state index contributed by atoms with van der Waals surface area (Å²) in [5.74, 6) is -0.194. The number of carbonyl (C=O) groups excluding carboxylic acids is 1. The van der Waals surface area contributed by atoms with Crippen LogP contribution in [0.5, 0.6) is 0 Å². The summed E-state index contributed by atoms with van der Waals surface area (Å²) in [6, 6.07) is 10.1. The number of benzene rings is 1. The van der Waals surface area contributed by atoms with Gasteiger partial charge in [-0.1, -0.05) is 23.4 Å². The molecule has 2 N–H and O–H groups in total. The van der Waals surface area contributed by atoms with Crippen LogP contribution >= 0.6 is 0 Å². The van der Waals surface area contributed by atoms with Crippen molar-refractivity contribution < 1.29 is 9.32 Å². The van der Waals surface area contributed by atoms with E-state index in [-0.39, 0.29) is 23.3 Å². The Hall–Kier alpha value is -4.08. The van der Waals surface area contributed by atoms with Crippen molar-refractivity contribution in [2.75, 3.05) is 5.43 Å². The molecule has 10 nitrogen and oxygen atoms in total. The molecule has 0 aliphatic heterocycles. The molecular weight excluding hydrogens is 374 g/mol. The van der Waals surface area contributed by atoms with Gasteiger partial charge in [0.1, 0.15) is 0 Å². The molecule has 0 aliphatic carbocycles. The molecule has 0 aliphatic rings. The lowest BCUT2D eigenvalue weighted by atomic mass is 10.1. The Kier molecular flexibility index (Phi) is 4.73. The molecule has 0 saturated carbocycles. The van der Waals surface area contributed by atoms with E-state index >= 15 is 0 Å². The normalized spacial score (nSPS) is 11.0. The van der Waals surface area contributed by atoms with Crippen molar-refractivity contribution in [3.63, 3.8) is 0 Å². The number of nitrogens with one attached hydrogen (secondary N) is 2. The standard InChI is InChI=1S/C19H17N7O3/c1-11(2)26-18(28)14-6-4-3-5-13(14)15(24-26)17(27)22-23-19-21-16(25-29-19)12-7-9-20-10-8-12/h3-11H,1-2H3,(H,22,27)(H,21,23,25). The van der Waals surface area contributed by atoms with Gasteiger partial charge in [-0.3, -0.25) is 20.0 Å². The first-order valence-corrected chi connectivity index (χ1v) is 8.86. The SMILES string of the molecule is CC(C)n1nc(C(=O)NNc2nc(-c3ccncc3)no2)c2ccccc2c1=O. The Morgan fingerprint density at radius 3 is 2.55 bits per heavy atom. The lowest BCUT2D eigenvalue weighted by Crippen LogP contribution is -2.34. The molecule has 0 saturated heterocycles. The molecule has 146 valence electrons. The summed E-state index contributed by atoms with van der Waals surface area (Å²) in [6.45, 7) is 3.64. The van der Waals surface area contributed by atoms with E-state index in [2.05, 4.69) is 31.1 Å². The third-order valence-electron chi connectivity index (χ3n) is 4.18. The van der Waals surface area contributed by atoms with Crippen LogP contribution in [0.15, 0.2) is 58.1 Å². The van der Waals surface area contributed by atoms with Crippen LogP contribution in [0.3, 0.4) is 0 Å². The zero-order chi connectivity index (χ0) is 20.4. The van der Waals surface area contributed by atoms with Crippen LogP contribution < -0.4 is 16.4 Å². The topological polar surface area (TPSA) is 128 Å². The summed E-state index contributed by atoms with van der Waals surface area (Å²) in [7, 11) is 0. The quantitative estimate of drug-likeness (QED) is 0.496. The minimum Gasteiger partial charge on any atom is -0.313 e. The minimum absolute atomic E-state index is 0.00616. The van der Waals surface area contributed by atoms with Gasteiger partial charge in [-0.25, -0.2) is 10.1 Å². The van der Waals surface area contributed by atoms with Gasteiger partial charge in [-0.05, 0) is 32.0 Å². The monoisotopic (exact) mass is 391 g/mol. The summed E-state index contributed by atoms with van der Waals surface area (Å²) in [5.41, 5.74) is 5.64. The number of nitrogens with zero attached hydrogens (tertiary/aromatic N) is 5. The van der Waals surface area contributed by atoms with Crippen LogP contribution in [0.25, 0.3) is 22.2 Å². The highest BCUT2D eigenvalue weighted by molar-refractivity contribution is 6.05. The van der Waals surface area contributed by atoms with Crippen LogP contribution in [0.4, 0.5) is 6.01 Å². The van der Waals surface area contributed by atoms with Crippen molar-refractivity contribution in [2.24, 2.45) is 0 Å². The molecule has 0 bridgehead atoms. The van der Waals surface area contributed by atoms with E-state index in [4.69, 9.17) is 4.52 Å². The second-order valence-corrected chi connectivity index (χ2v) is 6.48. The van der Waals surface area contributed by atoms with Gasteiger partial charge in [0.15, 0.2) is 5.69 Å². The fraction of sp³-hybridized carbons (Fsp3) is 0.158. The second kappa shape index (κ2) is 7.50. The Balaban J connectivity index is 1.59. The van der Waals surface area contributed by atoms with Gasteiger partial charge in [0, 0.05) is 23.3 Å². The molecule has 1 aromatic carbocycles. The van der Waals surface area contributed by atoms with E-state index in [1.165, 1.54) is 4.68 Å². The molecule has 0 atom stereocenters. The van der Waals surface area contributed by atoms with E-state index in [1.807, 2.05) is 13.8 Å². The van der Waals surface area contributed by atoms with Crippen LogP contribution in [0.2, 0.25) is 0 Å². The van der Waals surface area contributed by atoms with Crippen molar-refractivity contribution in [1.82, 2.24) is 30.3 Å².